The molecule has 0 spiro atoms. The number of hydrogen-bond donors (Lipinski definition) is 1. The SMILES string of the molecule is COc1cc(OC)cc(N(C(=O)Cn2nnc3ccccc32)C(C(=O)NC2CCCCC2)c2cccn2C)c1. The number of rotatable bonds is 9. The number of ether oxygens (including phenoxy) is 2. The van der Waals surface area contributed by atoms with Gasteiger partial charge >= 0.3 is 0 Å². The number of carbonyl (C=O) groups is 2. The van der Waals surface area contributed by atoms with E-state index in [2.05, 4.69) is 15.6 Å². The highest BCUT2D eigenvalue weighted by Crippen LogP contribution is 2.35. The fraction of sp³-hybridized carbons (Fsp3) is 0.379. The van der Waals surface area contributed by atoms with Crippen LogP contribution < -0.4 is 19.7 Å². The topological polar surface area (TPSA) is 104 Å². The Labute approximate surface area is 227 Å². The minimum absolute atomic E-state index is 0.0741. The average Bonchev–Trinajstić information content (AvgIpc) is 3.57. The highest BCUT2D eigenvalue weighted by molar-refractivity contribution is 6.01. The summed E-state index contributed by atoms with van der Waals surface area (Å²) in [6, 6.07) is 15.6. The van der Waals surface area contributed by atoms with Crippen LogP contribution in [0.1, 0.15) is 43.8 Å². The van der Waals surface area contributed by atoms with Gasteiger partial charge in [0.25, 0.3) is 0 Å². The molecule has 39 heavy (non-hydrogen) atoms. The van der Waals surface area contributed by atoms with E-state index in [1.807, 2.05) is 54.2 Å². The van der Waals surface area contributed by atoms with E-state index >= 15 is 0 Å². The Morgan fingerprint density at radius 3 is 2.41 bits per heavy atom. The van der Waals surface area contributed by atoms with Crippen LogP contribution in [0.4, 0.5) is 5.69 Å². The van der Waals surface area contributed by atoms with Gasteiger partial charge in [-0.1, -0.05) is 36.6 Å². The number of benzene rings is 2. The van der Waals surface area contributed by atoms with Crippen molar-refractivity contribution in [1.29, 1.82) is 0 Å². The van der Waals surface area contributed by atoms with Gasteiger partial charge in [0.1, 0.15) is 23.6 Å². The highest BCUT2D eigenvalue weighted by Gasteiger charge is 2.36. The summed E-state index contributed by atoms with van der Waals surface area (Å²) in [5, 5.41) is 11.7. The second-order valence-corrected chi connectivity index (χ2v) is 9.86. The largest absolute Gasteiger partial charge is 0.497 e. The lowest BCUT2D eigenvalue weighted by molar-refractivity contribution is -0.127. The number of nitrogens with one attached hydrogen (secondary N) is 1. The number of hydrogen-bond acceptors (Lipinski definition) is 6. The smallest absolute Gasteiger partial charge is 0.249 e. The van der Waals surface area contributed by atoms with Gasteiger partial charge in [-0.15, -0.1) is 5.10 Å². The molecular weight excluding hydrogens is 496 g/mol. The van der Waals surface area contributed by atoms with E-state index in [0.717, 1.165) is 31.2 Å². The van der Waals surface area contributed by atoms with Crippen LogP contribution in [0.5, 0.6) is 11.5 Å². The maximum Gasteiger partial charge on any atom is 0.249 e. The van der Waals surface area contributed by atoms with Gasteiger partial charge in [-0.2, -0.15) is 0 Å². The number of carbonyl (C=O) groups excluding carboxylic acids is 2. The summed E-state index contributed by atoms with van der Waals surface area (Å²) < 4.78 is 14.5. The lowest BCUT2D eigenvalue weighted by atomic mass is 9.95. The molecule has 1 atom stereocenters. The zero-order chi connectivity index (χ0) is 27.4. The molecule has 1 aliphatic carbocycles. The molecule has 0 aliphatic heterocycles. The van der Waals surface area contributed by atoms with Gasteiger partial charge in [0.05, 0.1) is 31.1 Å². The normalized spacial score (nSPS) is 14.6. The molecule has 0 saturated heterocycles. The van der Waals surface area contributed by atoms with E-state index in [4.69, 9.17) is 9.47 Å². The summed E-state index contributed by atoms with van der Waals surface area (Å²) >= 11 is 0. The van der Waals surface area contributed by atoms with Crippen LogP contribution >= 0.6 is 0 Å². The molecule has 1 N–H and O–H groups in total. The van der Waals surface area contributed by atoms with Crippen molar-refractivity contribution >= 4 is 28.5 Å². The summed E-state index contributed by atoms with van der Waals surface area (Å²) in [7, 11) is 4.98. The van der Waals surface area contributed by atoms with E-state index in [1.165, 1.54) is 11.3 Å². The number of nitrogens with zero attached hydrogens (tertiary/aromatic N) is 5. The lowest BCUT2D eigenvalue weighted by Gasteiger charge is -2.33. The Bertz CT molecular complexity index is 1430. The monoisotopic (exact) mass is 530 g/mol. The number of methoxy groups -OCH3 is 2. The number of aryl methyl sites for hydroxylation is 1. The minimum atomic E-state index is -0.939. The minimum Gasteiger partial charge on any atom is -0.497 e. The molecular formula is C29H34N6O4. The van der Waals surface area contributed by atoms with Gasteiger partial charge < -0.3 is 19.4 Å². The lowest BCUT2D eigenvalue weighted by Crippen LogP contribution is -2.48. The van der Waals surface area contributed by atoms with Crippen molar-refractivity contribution in [2.45, 2.75) is 50.7 Å². The number of aromatic nitrogens is 4. The molecule has 2 amide bonds. The molecule has 0 radical (unpaired) electrons. The Morgan fingerprint density at radius 2 is 1.74 bits per heavy atom. The van der Waals surface area contributed by atoms with Crippen molar-refractivity contribution in [3.63, 3.8) is 0 Å². The average molecular weight is 531 g/mol. The summed E-state index contributed by atoms with van der Waals surface area (Å²) in [6.07, 6.45) is 7.06. The molecule has 2 heterocycles. The van der Waals surface area contributed by atoms with Gasteiger partial charge in [0.2, 0.25) is 11.8 Å². The second-order valence-electron chi connectivity index (χ2n) is 9.86. The van der Waals surface area contributed by atoms with Crippen LogP contribution in [0.3, 0.4) is 0 Å². The first-order valence-corrected chi connectivity index (χ1v) is 13.2. The van der Waals surface area contributed by atoms with E-state index in [0.29, 0.717) is 28.4 Å². The van der Waals surface area contributed by atoms with Crippen molar-refractivity contribution in [2.75, 3.05) is 19.1 Å². The van der Waals surface area contributed by atoms with Crippen molar-refractivity contribution in [3.05, 3.63) is 66.5 Å². The van der Waals surface area contributed by atoms with E-state index in [-0.39, 0.29) is 24.4 Å². The summed E-state index contributed by atoms with van der Waals surface area (Å²) in [5.74, 6) is 0.451. The molecule has 10 nitrogen and oxygen atoms in total. The van der Waals surface area contributed by atoms with Crippen LogP contribution in [0, 0.1) is 0 Å². The Hall–Kier alpha value is -4.34. The van der Waals surface area contributed by atoms with Crippen LogP contribution in [0.15, 0.2) is 60.8 Å². The standard InChI is InChI=1S/C29H34N6O4/c1-33-15-9-14-26(33)28(29(37)30-20-10-5-4-6-11-20)35(21-16-22(38-2)18-23(17-21)39-3)27(36)19-34-25-13-8-7-12-24(25)31-32-34/h7-9,12-18,20,28H,4-6,10-11,19H2,1-3H3,(H,30,37). The van der Waals surface area contributed by atoms with Gasteiger partial charge in [0, 0.05) is 37.5 Å². The Kier molecular flexibility index (Phi) is 7.81. The number of para-hydroxylation sites is 1. The Morgan fingerprint density at radius 1 is 1.03 bits per heavy atom. The molecule has 1 saturated carbocycles. The highest BCUT2D eigenvalue weighted by atomic mass is 16.5. The second kappa shape index (κ2) is 11.6. The quantitative estimate of drug-likeness (QED) is 0.351. The summed E-state index contributed by atoms with van der Waals surface area (Å²) in [5.41, 5.74) is 2.58. The summed E-state index contributed by atoms with van der Waals surface area (Å²) in [6.45, 7) is -0.113. The molecule has 10 heteroatoms. The molecule has 2 aromatic heterocycles. The van der Waals surface area contributed by atoms with Crippen molar-refractivity contribution < 1.29 is 19.1 Å². The Balaban J connectivity index is 1.60. The van der Waals surface area contributed by atoms with Crippen LogP contribution in [0.2, 0.25) is 0 Å². The van der Waals surface area contributed by atoms with Crippen molar-refractivity contribution in [1.82, 2.24) is 24.9 Å². The molecule has 204 valence electrons. The number of anilines is 1. The van der Waals surface area contributed by atoms with Gasteiger partial charge in [-0.05, 0) is 37.1 Å². The maximum atomic E-state index is 14.3. The molecule has 1 aliphatic rings. The fourth-order valence-corrected chi connectivity index (χ4v) is 5.28. The third kappa shape index (κ3) is 5.59. The summed E-state index contributed by atoms with van der Waals surface area (Å²) in [4.78, 5) is 29.9. The third-order valence-corrected chi connectivity index (χ3v) is 7.31. The molecule has 4 aromatic rings. The van der Waals surface area contributed by atoms with Crippen LogP contribution in [-0.4, -0.2) is 51.6 Å². The number of fused-ring (bicyclic) bond motifs is 1. The third-order valence-electron chi connectivity index (χ3n) is 7.31. The van der Waals surface area contributed by atoms with Crippen LogP contribution in [-0.2, 0) is 23.2 Å². The molecule has 5 rings (SSSR count). The molecule has 1 unspecified atom stereocenters. The van der Waals surface area contributed by atoms with Gasteiger partial charge in [-0.3, -0.25) is 14.5 Å². The first-order valence-electron chi connectivity index (χ1n) is 13.2. The first-order chi connectivity index (χ1) is 19.0. The van der Waals surface area contributed by atoms with Crippen molar-refractivity contribution in [3.8, 4) is 11.5 Å². The zero-order valence-corrected chi connectivity index (χ0v) is 22.5. The van der Waals surface area contributed by atoms with Crippen molar-refractivity contribution in [2.24, 2.45) is 7.05 Å². The van der Waals surface area contributed by atoms with Crippen LogP contribution in [0.25, 0.3) is 11.0 Å². The first kappa shape index (κ1) is 26.3. The zero-order valence-electron chi connectivity index (χ0n) is 22.5. The predicted octanol–water partition coefficient (Wildman–Crippen LogP) is 4.01. The molecule has 1 fully saturated rings. The van der Waals surface area contributed by atoms with E-state index in [1.54, 1.807) is 37.1 Å². The van der Waals surface area contributed by atoms with E-state index < -0.39 is 6.04 Å². The molecule has 0 bridgehead atoms. The van der Waals surface area contributed by atoms with E-state index in [9.17, 15) is 9.59 Å². The maximum absolute atomic E-state index is 14.3. The van der Waals surface area contributed by atoms with Gasteiger partial charge in [0.15, 0.2) is 6.04 Å². The predicted molar refractivity (Wildman–Crippen MR) is 148 cm³/mol. The fourth-order valence-electron chi connectivity index (χ4n) is 5.28. The van der Waals surface area contributed by atoms with Gasteiger partial charge in [-0.25, -0.2) is 4.68 Å². The molecule has 2 aromatic carbocycles. The number of amides is 2.